The number of carbonyl (C=O) groups is 1. The van der Waals surface area contributed by atoms with Gasteiger partial charge in [0.2, 0.25) is 0 Å². The van der Waals surface area contributed by atoms with Crippen molar-refractivity contribution in [1.29, 1.82) is 0 Å². The molecular formula is C29H22ClF2N5O. The van der Waals surface area contributed by atoms with Gasteiger partial charge in [0.1, 0.15) is 17.5 Å². The number of benzene rings is 3. The number of hydrogen-bond acceptors (Lipinski definition) is 2. The second kappa shape index (κ2) is 9.46. The Morgan fingerprint density at radius 1 is 1.00 bits per heavy atom. The lowest BCUT2D eigenvalue weighted by atomic mass is 10.0. The Balaban J connectivity index is 1.53. The SMILES string of the molecule is Cc1nn(-c2ccccc2)c2c1CN(C(=O)Nc1ccc(F)cc1F)C(c1ccc(Cl)cc1)c1cccn1-2. The van der Waals surface area contributed by atoms with Crippen LogP contribution in [0.4, 0.5) is 19.3 Å². The molecule has 5 aromatic rings. The van der Waals surface area contributed by atoms with Crippen LogP contribution in [-0.4, -0.2) is 25.3 Å². The van der Waals surface area contributed by atoms with Gasteiger partial charge < -0.3 is 14.8 Å². The summed E-state index contributed by atoms with van der Waals surface area (Å²) in [6.07, 6.45) is 1.94. The molecule has 190 valence electrons. The van der Waals surface area contributed by atoms with Crippen LogP contribution in [0.5, 0.6) is 0 Å². The molecule has 6 nitrogen and oxygen atoms in total. The van der Waals surface area contributed by atoms with E-state index in [1.165, 1.54) is 6.07 Å². The van der Waals surface area contributed by atoms with E-state index < -0.39 is 23.7 Å². The number of halogens is 3. The zero-order chi connectivity index (χ0) is 26.4. The van der Waals surface area contributed by atoms with Gasteiger partial charge in [0.15, 0.2) is 0 Å². The minimum absolute atomic E-state index is 0.109. The Hall–Kier alpha value is -4.43. The van der Waals surface area contributed by atoms with E-state index in [4.69, 9.17) is 16.7 Å². The van der Waals surface area contributed by atoms with Gasteiger partial charge in [-0.2, -0.15) is 5.10 Å². The van der Waals surface area contributed by atoms with Crippen molar-refractivity contribution in [3.05, 3.63) is 130 Å². The van der Waals surface area contributed by atoms with Crippen molar-refractivity contribution in [3.8, 4) is 11.5 Å². The molecule has 1 aliphatic rings. The molecular weight excluding hydrogens is 508 g/mol. The maximum absolute atomic E-state index is 14.5. The van der Waals surface area contributed by atoms with Crippen molar-refractivity contribution in [2.24, 2.45) is 0 Å². The van der Waals surface area contributed by atoms with Gasteiger partial charge in [-0.25, -0.2) is 18.3 Å². The second-order valence-electron chi connectivity index (χ2n) is 9.07. The van der Waals surface area contributed by atoms with E-state index >= 15 is 0 Å². The molecule has 9 heteroatoms. The highest BCUT2D eigenvalue weighted by atomic mass is 35.5. The summed E-state index contributed by atoms with van der Waals surface area (Å²) in [5.74, 6) is -0.759. The first kappa shape index (κ1) is 23.9. The molecule has 38 heavy (non-hydrogen) atoms. The third-order valence-electron chi connectivity index (χ3n) is 6.71. The Morgan fingerprint density at radius 3 is 2.50 bits per heavy atom. The Morgan fingerprint density at radius 2 is 1.76 bits per heavy atom. The van der Waals surface area contributed by atoms with Crippen molar-refractivity contribution >= 4 is 23.3 Å². The molecule has 3 aromatic carbocycles. The van der Waals surface area contributed by atoms with Gasteiger partial charge in [-0.1, -0.05) is 41.9 Å². The lowest BCUT2D eigenvalue weighted by molar-refractivity contribution is 0.194. The molecule has 0 spiro atoms. The second-order valence-corrected chi connectivity index (χ2v) is 9.51. The number of anilines is 1. The maximum atomic E-state index is 14.5. The number of hydrogen-bond donors (Lipinski definition) is 1. The third-order valence-corrected chi connectivity index (χ3v) is 6.96. The number of amides is 2. The summed E-state index contributed by atoms with van der Waals surface area (Å²) in [5, 5.41) is 8.02. The molecule has 1 aliphatic heterocycles. The first-order valence-corrected chi connectivity index (χ1v) is 12.4. The van der Waals surface area contributed by atoms with Crippen LogP contribution in [0.15, 0.2) is 91.1 Å². The number of fused-ring (bicyclic) bond motifs is 3. The Kier molecular flexibility index (Phi) is 5.96. The summed E-state index contributed by atoms with van der Waals surface area (Å²) in [6, 6.07) is 22.9. The van der Waals surface area contributed by atoms with Crippen molar-refractivity contribution < 1.29 is 13.6 Å². The molecule has 6 rings (SSSR count). The van der Waals surface area contributed by atoms with Gasteiger partial charge in [-0.15, -0.1) is 0 Å². The van der Waals surface area contributed by atoms with Crippen LogP contribution in [0.2, 0.25) is 5.02 Å². The van der Waals surface area contributed by atoms with Crippen LogP contribution in [0.25, 0.3) is 11.5 Å². The largest absolute Gasteiger partial charge is 0.323 e. The van der Waals surface area contributed by atoms with Crippen molar-refractivity contribution in [2.45, 2.75) is 19.5 Å². The van der Waals surface area contributed by atoms with E-state index in [-0.39, 0.29) is 12.2 Å². The quantitative estimate of drug-likeness (QED) is 0.272. The summed E-state index contributed by atoms with van der Waals surface area (Å²) in [4.78, 5) is 15.5. The number of nitrogens with one attached hydrogen (secondary N) is 1. The maximum Gasteiger partial charge on any atom is 0.323 e. The molecule has 0 aliphatic carbocycles. The minimum Gasteiger partial charge on any atom is -0.307 e. The van der Waals surface area contributed by atoms with Crippen LogP contribution >= 0.6 is 11.6 Å². The van der Waals surface area contributed by atoms with Gasteiger partial charge in [-0.3, -0.25) is 0 Å². The van der Waals surface area contributed by atoms with E-state index in [0.29, 0.717) is 5.02 Å². The molecule has 0 radical (unpaired) electrons. The molecule has 0 saturated carbocycles. The van der Waals surface area contributed by atoms with E-state index in [1.807, 2.05) is 77.0 Å². The first-order valence-electron chi connectivity index (χ1n) is 12.0. The summed E-state index contributed by atoms with van der Waals surface area (Å²) in [6.45, 7) is 2.09. The molecule has 1 unspecified atom stereocenters. The summed E-state index contributed by atoms with van der Waals surface area (Å²) < 4.78 is 31.9. The standard InChI is InChI=1S/C29H22ClF2N5O/c1-18-23-17-36(29(38)33-25-14-13-21(31)16-24(25)32)27(19-9-11-20(30)12-10-19)26-8-5-15-35(26)28(23)37(34-18)22-6-3-2-4-7-22/h2-16,27H,17H2,1H3,(H,33,38). The summed E-state index contributed by atoms with van der Waals surface area (Å²) >= 11 is 6.18. The van der Waals surface area contributed by atoms with Crippen molar-refractivity contribution in [1.82, 2.24) is 19.2 Å². The summed E-state index contributed by atoms with van der Waals surface area (Å²) in [7, 11) is 0. The van der Waals surface area contributed by atoms with Gasteiger partial charge >= 0.3 is 6.03 Å². The highest BCUT2D eigenvalue weighted by Gasteiger charge is 2.36. The Bertz CT molecular complexity index is 1650. The normalized spacial score (nSPS) is 14.5. The van der Waals surface area contributed by atoms with Crippen molar-refractivity contribution in [3.63, 3.8) is 0 Å². The zero-order valence-electron chi connectivity index (χ0n) is 20.3. The van der Waals surface area contributed by atoms with E-state index in [9.17, 15) is 13.6 Å². The van der Waals surface area contributed by atoms with Gasteiger partial charge in [0.25, 0.3) is 0 Å². The van der Waals surface area contributed by atoms with Gasteiger partial charge in [-0.05, 0) is 61.0 Å². The smallest absolute Gasteiger partial charge is 0.307 e. The average Bonchev–Trinajstić information content (AvgIpc) is 3.47. The number of rotatable bonds is 3. The van der Waals surface area contributed by atoms with Crippen LogP contribution in [0.1, 0.15) is 28.6 Å². The highest BCUT2D eigenvalue weighted by molar-refractivity contribution is 6.30. The van der Waals surface area contributed by atoms with Gasteiger partial charge in [0, 0.05) is 22.8 Å². The monoisotopic (exact) mass is 529 g/mol. The van der Waals surface area contributed by atoms with E-state index in [1.54, 1.807) is 17.0 Å². The van der Waals surface area contributed by atoms with Crippen LogP contribution in [0.3, 0.4) is 0 Å². The fourth-order valence-corrected chi connectivity index (χ4v) is 5.05. The van der Waals surface area contributed by atoms with Crippen LogP contribution in [0, 0.1) is 18.6 Å². The topological polar surface area (TPSA) is 55.1 Å². The van der Waals surface area contributed by atoms with E-state index in [2.05, 4.69) is 5.32 Å². The predicted octanol–water partition coefficient (Wildman–Crippen LogP) is 7.04. The molecule has 2 amide bonds. The first-order chi connectivity index (χ1) is 18.4. The summed E-state index contributed by atoms with van der Waals surface area (Å²) in [5.41, 5.74) is 4.01. The molecule has 0 bridgehead atoms. The molecule has 3 heterocycles. The number of para-hydroxylation sites is 1. The fraction of sp³-hybridized carbons (Fsp3) is 0.103. The molecule has 2 aromatic heterocycles. The van der Waals surface area contributed by atoms with E-state index in [0.717, 1.165) is 46.2 Å². The lowest BCUT2D eigenvalue weighted by Gasteiger charge is -2.31. The average molecular weight is 530 g/mol. The molecule has 1 atom stereocenters. The molecule has 0 fully saturated rings. The number of carbonyl (C=O) groups excluding carboxylic acids is 1. The van der Waals surface area contributed by atoms with Crippen LogP contribution < -0.4 is 5.32 Å². The Labute approximate surface area is 222 Å². The number of aryl methyl sites for hydroxylation is 1. The zero-order valence-corrected chi connectivity index (χ0v) is 21.0. The predicted molar refractivity (Wildman–Crippen MR) is 142 cm³/mol. The molecule has 0 saturated heterocycles. The number of urea groups is 1. The van der Waals surface area contributed by atoms with Gasteiger partial charge in [0.05, 0.1) is 35.3 Å². The highest BCUT2D eigenvalue weighted by Crippen LogP contribution is 2.39. The fourth-order valence-electron chi connectivity index (χ4n) is 4.92. The minimum atomic E-state index is -0.853. The van der Waals surface area contributed by atoms with Crippen molar-refractivity contribution in [2.75, 3.05) is 5.32 Å². The third kappa shape index (κ3) is 4.13. The number of aromatic nitrogens is 3. The van der Waals surface area contributed by atoms with Crippen LogP contribution in [-0.2, 0) is 6.54 Å². The lowest BCUT2D eigenvalue weighted by Crippen LogP contribution is -2.38. The molecule has 1 N–H and O–H groups in total. The number of nitrogens with zero attached hydrogens (tertiary/aromatic N) is 4.